The van der Waals surface area contributed by atoms with E-state index in [1.807, 2.05) is 6.92 Å². The Labute approximate surface area is 167 Å². The number of hydrogen-bond donors (Lipinski definition) is 2. The largest absolute Gasteiger partial charge is 0.507 e. The van der Waals surface area contributed by atoms with Gasteiger partial charge >= 0.3 is 0 Å². The fourth-order valence-corrected chi connectivity index (χ4v) is 3.52. The van der Waals surface area contributed by atoms with Gasteiger partial charge in [0.2, 0.25) is 0 Å². The third-order valence-electron chi connectivity index (χ3n) is 4.90. The molecule has 1 unspecified atom stereocenters. The van der Waals surface area contributed by atoms with Gasteiger partial charge in [-0.3, -0.25) is 19.5 Å². The van der Waals surface area contributed by atoms with Crippen LogP contribution in [0.2, 0.25) is 0 Å². The number of phenolic OH excluding ortho intramolecular Hbond substituents is 1. The second-order valence-corrected chi connectivity index (χ2v) is 6.81. The molecule has 1 aliphatic rings. The number of aromatic hydroxyl groups is 1. The fourth-order valence-electron chi connectivity index (χ4n) is 3.52. The molecule has 4 rings (SSSR count). The number of hydrogen-bond acceptors (Lipinski definition) is 5. The molecule has 0 radical (unpaired) electrons. The monoisotopic (exact) mass is 386 g/mol. The van der Waals surface area contributed by atoms with Crippen molar-refractivity contribution in [2.24, 2.45) is 0 Å². The number of aliphatic hydroxyl groups excluding tert-OH is 1. The van der Waals surface area contributed by atoms with Gasteiger partial charge in [-0.05, 0) is 42.3 Å². The fraction of sp³-hybridized carbons (Fsp3) is 0.0870. The Balaban J connectivity index is 1.98. The van der Waals surface area contributed by atoms with E-state index in [0.717, 1.165) is 5.56 Å². The number of carbonyl (C=O) groups excluding carboxylic acids is 2. The van der Waals surface area contributed by atoms with Gasteiger partial charge in [0.15, 0.2) is 0 Å². The average molecular weight is 386 g/mol. The lowest BCUT2D eigenvalue weighted by Crippen LogP contribution is -2.29. The molecule has 1 fully saturated rings. The average Bonchev–Trinajstić information content (AvgIpc) is 3.01. The van der Waals surface area contributed by atoms with E-state index in [1.54, 1.807) is 67.0 Å². The number of rotatable bonds is 3. The second-order valence-electron chi connectivity index (χ2n) is 6.81. The van der Waals surface area contributed by atoms with E-state index in [-0.39, 0.29) is 22.8 Å². The Kier molecular flexibility index (Phi) is 4.60. The van der Waals surface area contributed by atoms with Crippen LogP contribution in [0.25, 0.3) is 5.76 Å². The van der Waals surface area contributed by atoms with Gasteiger partial charge in [-0.15, -0.1) is 0 Å². The molecular weight excluding hydrogens is 368 g/mol. The van der Waals surface area contributed by atoms with Gasteiger partial charge in [0.1, 0.15) is 11.5 Å². The number of aromatic nitrogens is 1. The first-order valence-electron chi connectivity index (χ1n) is 9.05. The predicted molar refractivity (Wildman–Crippen MR) is 108 cm³/mol. The molecule has 2 N–H and O–H groups in total. The number of nitrogens with zero attached hydrogens (tertiary/aromatic N) is 2. The highest BCUT2D eigenvalue weighted by atomic mass is 16.3. The molecule has 0 aliphatic carbocycles. The first-order chi connectivity index (χ1) is 14.0. The Bertz CT molecular complexity index is 1120. The van der Waals surface area contributed by atoms with E-state index in [1.165, 1.54) is 11.0 Å². The van der Waals surface area contributed by atoms with Crippen molar-refractivity contribution in [1.29, 1.82) is 0 Å². The Morgan fingerprint density at radius 2 is 1.69 bits per heavy atom. The minimum Gasteiger partial charge on any atom is -0.507 e. The van der Waals surface area contributed by atoms with Crippen molar-refractivity contribution in [3.05, 3.63) is 95.3 Å². The van der Waals surface area contributed by atoms with Gasteiger partial charge in [-0.1, -0.05) is 36.4 Å². The lowest BCUT2D eigenvalue weighted by Gasteiger charge is -2.26. The highest BCUT2D eigenvalue weighted by molar-refractivity contribution is 6.51. The number of anilines is 1. The Morgan fingerprint density at radius 1 is 1.00 bits per heavy atom. The maximum Gasteiger partial charge on any atom is 0.300 e. The summed E-state index contributed by atoms with van der Waals surface area (Å²) in [7, 11) is 0. The van der Waals surface area contributed by atoms with E-state index >= 15 is 0 Å². The number of Topliss-reactive ketones (excluding diaryl/α,β-unsaturated/α-hetero) is 1. The molecule has 1 aromatic heterocycles. The van der Waals surface area contributed by atoms with Crippen molar-refractivity contribution >= 4 is 23.1 Å². The van der Waals surface area contributed by atoms with Crippen LogP contribution in [0, 0.1) is 6.92 Å². The summed E-state index contributed by atoms with van der Waals surface area (Å²) < 4.78 is 0. The van der Waals surface area contributed by atoms with Crippen LogP contribution in [0.4, 0.5) is 5.69 Å². The molecule has 0 bridgehead atoms. The number of benzene rings is 2. The van der Waals surface area contributed by atoms with Gasteiger partial charge in [-0.25, -0.2) is 0 Å². The molecule has 6 nitrogen and oxygen atoms in total. The molecule has 0 saturated carbocycles. The van der Waals surface area contributed by atoms with Gasteiger partial charge in [-0.2, -0.15) is 0 Å². The van der Waals surface area contributed by atoms with Crippen LogP contribution in [-0.2, 0) is 9.59 Å². The summed E-state index contributed by atoms with van der Waals surface area (Å²) in [5, 5.41) is 21.3. The van der Waals surface area contributed by atoms with Gasteiger partial charge < -0.3 is 10.2 Å². The van der Waals surface area contributed by atoms with Gasteiger partial charge in [0, 0.05) is 18.0 Å². The lowest BCUT2D eigenvalue weighted by atomic mass is 9.95. The standard InChI is InChI=1S/C23H18N2O4/c1-14-7-8-18(26)17(13-14)25-20(15-9-11-24-12-10-15)19(22(28)23(25)29)21(27)16-5-3-2-4-6-16/h2-13,20,26-27H,1H3/b21-19+. The third kappa shape index (κ3) is 3.14. The third-order valence-corrected chi connectivity index (χ3v) is 4.90. The number of carbonyl (C=O) groups is 2. The Hall–Kier alpha value is -3.93. The van der Waals surface area contributed by atoms with E-state index < -0.39 is 17.7 Å². The van der Waals surface area contributed by atoms with E-state index in [0.29, 0.717) is 11.1 Å². The SMILES string of the molecule is Cc1ccc(O)c(N2C(=O)C(=O)/C(=C(/O)c3ccccc3)C2c2ccncc2)c1. The molecule has 6 heteroatoms. The maximum absolute atomic E-state index is 13.0. The minimum atomic E-state index is -0.897. The van der Waals surface area contributed by atoms with Crippen LogP contribution in [0.1, 0.15) is 22.7 Å². The number of aliphatic hydroxyl groups is 1. The quantitative estimate of drug-likeness (QED) is 0.407. The lowest BCUT2D eigenvalue weighted by molar-refractivity contribution is -0.132. The summed E-state index contributed by atoms with van der Waals surface area (Å²) in [6.45, 7) is 1.82. The molecule has 2 heterocycles. The topological polar surface area (TPSA) is 90.7 Å². The molecule has 1 aliphatic heterocycles. The summed E-state index contributed by atoms with van der Waals surface area (Å²) in [4.78, 5) is 31.2. The highest BCUT2D eigenvalue weighted by Crippen LogP contribution is 2.44. The molecule has 1 amide bonds. The molecule has 0 spiro atoms. The molecule has 2 aromatic carbocycles. The number of amides is 1. The summed E-state index contributed by atoms with van der Waals surface area (Å²) in [6, 6.07) is 15.9. The van der Waals surface area contributed by atoms with Crippen LogP contribution in [0.15, 0.2) is 78.6 Å². The minimum absolute atomic E-state index is 0.0340. The number of aryl methyl sites for hydroxylation is 1. The van der Waals surface area contributed by atoms with Crippen molar-refractivity contribution in [1.82, 2.24) is 4.98 Å². The van der Waals surface area contributed by atoms with Crippen molar-refractivity contribution in [2.75, 3.05) is 4.90 Å². The zero-order valence-corrected chi connectivity index (χ0v) is 15.6. The zero-order chi connectivity index (χ0) is 20.5. The summed E-state index contributed by atoms with van der Waals surface area (Å²) >= 11 is 0. The van der Waals surface area contributed by atoms with Gasteiger partial charge in [0.05, 0.1) is 17.3 Å². The van der Waals surface area contributed by atoms with E-state index in [9.17, 15) is 19.8 Å². The maximum atomic E-state index is 13.0. The zero-order valence-electron chi connectivity index (χ0n) is 15.6. The van der Waals surface area contributed by atoms with Crippen LogP contribution >= 0.6 is 0 Å². The summed E-state index contributed by atoms with van der Waals surface area (Å²) in [5.74, 6) is -2.02. The molecular formula is C23H18N2O4. The molecule has 144 valence electrons. The van der Waals surface area contributed by atoms with E-state index in [4.69, 9.17) is 0 Å². The van der Waals surface area contributed by atoms with E-state index in [2.05, 4.69) is 4.98 Å². The van der Waals surface area contributed by atoms with Crippen molar-refractivity contribution < 1.29 is 19.8 Å². The van der Waals surface area contributed by atoms with Crippen molar-refractivity contribution in [2.45, 2.75) is 13.0 Å². The van der Waals surface area contributed by atoms with Crippen LogP contribution < -0.4 is 4.90 Å². The number of phenols is 1. The molecule has 3 aromatic rings. The summed E-state index contributed by atoms with van der Waals surface area (Å²) in [6.07, 6.45) is 3.10. The van der Waals surface area contributed by atoms with Crippen LogP contribution in [0.5, 0.6) is 5.75 Å². The molecule has 29 heavy (non-hydrogen) atoms. The predicted octanol–water partition coefficient (Wildman–Crippen LogP) is 3.72. The highest BCUT2D eigenvalue weighted by Gasteiger charge is 2.47. The smallest absolute Gasteiger partial charge is 0.300 e. The van der Waals surface area contributed by atoms with Crippen LogP contribution in [-0.4, -0.2) is 26.9 Å². The number of pyridine rings is 1. The first kappa shape index (κ1) is 18.4. The van der Waals surface area contributed by atoms with Gasteiger partial charge in [0.25, 0.3) is 11.7 Å². The van der Waals surface area contributed by atoms with Crippen molar-refractivity contribution in [3.8, 4) is 5.75 Å². The second kappa shape index (κ2) is 7.24. The first-order valence-corrected chi connectivity index (χ1v) is 9.05. The normalized spacial score (nSPS) is 18.2. The molecule has 1 saturated heterocycles. The van der Waals surface area contributed by atoms with Crippen molar-refractivity contribution in [3.63, 3.8) is 0 Å². The Morgan fingerprint density at radius 3 is 2.38 bits per heavy atom. The van der Waals surface area contributed by atoms with Crippen LogP contribution in [0.3, 0.4) is 0 Å². The summed E-state index contributed by atoms with van der Waals surface area (Å²) in [5.41, 5.74) is 2.01. The molecule has 1 atom stereocenters. The number of ketones is 1.